The number of aromatic nitrogens is 2. The summed E-state index contributed by atoms with van der Waals surface area (Å²) in [6.07, 6.45) is 5.53. The van der Waals surface area contributed by atoms with Gasteiger partial charge in [-0.1, -0.05) is 25.5 Å². The molecule has 0 bridgehead atoms. The molecule has 158 valence electrons. The van der Waals surface area contributed by atoms with Gasteiger partial charge in [-0.25, -0.2) is 23.2 Å². The fourth-order valence-electron chi connectivity index (χ4n) is 3.74. The summed E-state index contributed by atoms with van der Waals surface area (Å²) in [5, 5.41) is 0.923. The summed E-state index contributed by atoms with van der Waals surface area (Å²) >= 11 is 1.63. The van der Waals surface area contributed by atoms with Gasteiger partial charge in [0, 0.05) is 4.88 Å². The predicted molar refractivity (Wildman–Crippen MR) is 116 cm³/mol. The standard InChI is InChI=1S/C21H23N3O4S2/c1-2-30(26,27)16-11-7-6-9-14(16)21(25)28-12-17-23-19(22)18-13-8-4-3-5-10-15(13)29-20(18)24-17/h6-7,9,11H,2-5,8,10,12H2,1H3,(H2,22,23,24). The number of hydrogen-bond donors (Lipinski definition) is 1. The van der Waals surface area contributed by atoms with E-state index in [9.17, 15) is 13.2 Å². The Morgan fingerprint density at radius 1 is 1.17 bits per heavy atom. The Hall–Kier alpha value is -2.52. The summed E-state index contributed by atoms with van der Waals surface area (Å²) < 4.78 is 29.9. The van der Waals surface area contributed by atoms with E-state index in [4.69, 9.17) is 10.5 Å². The third-order valence-electron chi connectivity index (χ3n) is 5.29. The lowest BCUT2D eigenvalue weighted by Crippen LogP contribution is -2.14. The molecule has 0 fully saturated rings. The molecule has 2 N–H and O–H groups in total. The van der Waals surface area contributed by atoms with Gasteiger partial charge < -0.3 is 10.5 Å². The highest BCUT2D eigenvalue weighted by atomic mass is 32.2. The van der Waals surface area contributed by atoms with Crippen LogP contribution in [0.3, 0.4) is 0 Å². The van der Waals surface area contributed by atoms with Gasteiger partial charge in [-0.05, 0) is 43.4 Å². The van der Waals surface area contributed by atoms with E-state index < -0.39 is 15.8 Å². The SMILES string of the molecule is CCS(=O)(=O)c1ccccc1C(=O)OCc1nc(N)c2c3c(sc2n1)CCCCC3. The molecule has 0 unspecified atom stereocenters. The molecule has 0 atom stereocenters. The second kappa shape index (κ2) is 8.31. The molecule has 9 heteroatoms. The van der Waals surface area contributed by atoms with Crippen molar-refractivity contribution >= 4 is 43.2 Å². The summed E-state index contributed by atoms with van der Waals surface area (Å²) in [5.41, 5.74) is 7.50. The fraction of sp³-hybridized carbons (Fsp3) is 0.381. The monoisotopic (exact) mass is 445 g/mol. The molecule has 4 rings (SSSR count). The van der Waals surface area contributed by atoms with Crippen LogP contribution in [-0.4, -0.2) is 30.1 Å². The van der Waals surface area contributed by atoms with Gasteiger partial charge >= 0.3 is 5.97 Å². The Morgan fingerprint density at radius 2 is 1.93 bits per heavy atom. The van der Waals surface area contributed by atoms with E-state index >= 15 is 0 Å². The topological polar surface area (TPSA) is 112 Å². The number of hydrogen-bond acceptors (Lipinski definition) is 8. The maximum absolute atomic E-state index is 12.6. The number of ether oxygens (including phenoxy) is 1. The van der Waals surface area contributed by atoms with Crippen LogP contribution in [-0.2, 0) is 34.0 Å². The zero-order valence-electron chi connectivity index (χ0n) is 16.7. The van der Waals surface area contributed by atoms with Crippen LogP contribution in [0, 0.1) is 0 Å². The lowest BCUT2D eigenvalue weighted by atomic mass is 10.1. The first-order valence-corrected chi connectivity index (χ1v) is 12.4. The largest absolute Gasteiger partial charge is 0.454 e. The molecule has 0 spiro atoms. The number of sulfone groups is 1. The summed E-state index contributed by atoms with van der Waals surface area (Å²) in [5.74, 6) is -0.122. The Balaban J connectivity index is 1.58. The minimum Gasteiger partial charge on any atom is -0.454 e. The van der Waals surface area contributed by atoms with Crippen LogP contribution in [0.1, 0.15) is 52.8 Å². The third kappa shape index (κ3) is 3.91. The van der Waals surface area contributed by atoms with Crippen molar-refractivity contribution in [2.75, 3.05) is 11.5 Å². The quantitative estimate of drug-likeness (QED) is 0.471. The smallest absolute Gasteiger partial charge is 0.339 e. The van der Waals surface area contributed by atoms with Crippen molar-refractivity contribution in [3.63, 3.8) is 0 Å². The van der Waals surface area contributed by atoms with Crippen molar-refractivity contribution in [3.05, 3.63) is 46.1 Å². The van der Waals surface area contributed by atoms with Gasteiger partial charge in [0.15, 0.2) is 22.3 Å². The van der Waals surface area contributed by atoms with Crippen molar-refractivity contribution in [2.45, 2.75) is 50.5 Å². The summed E-state index contributed by atoms with van der Waals surface area (Å²) in [7, 11) is -3.55. The highest BCUT2D eigenvalue weighted by molar-refractivity contribution is 7.91. The summed E-state index contributed by atoms with van der Waals surface area (Å²) in [6, 6.07) is 6.04. The van der Waals surface area contributed by atoms with E-state index in [2.05, 4.69) is 9.97 Å². The molecule has 0 saturated heterocycles. The maximum Gasteiger partial charge on any atom is 0.339 e. The molecule has 1 aliphatic carbocycles. The van der Waals surface area contributed by atoms with Crippen LogP contribution in [0.4, 0.5) is 5.82 Å². The Bertz CT molecular complexity index is 1220. The number of thiophene rings is 1. The highest BCUT2D eigenvalue weighted by Crippen LogP contribution is 2.37. The number of nitrogens with two attached hydrogens (primary N) is 1. The lowest BCUT2D eigenvalue weighted by Gasteiger charge is -2.09. The van der Waals surface area contributed by atoms with Crippen molar-refractivity contribution in [2.24, 2.45) is 0 Å². The minimum atomic E-state index is -3.55. The van der Waals surface area contributed by atoms with Gasteiger partial charge in [0.1, 0.15) is 10.6 Å². The Labute approximate surface area is 179 Å². The third-order valence-corrected chi connectivity index (χ3v) is 8.27. The number of fused-ring (bicyclic) bond motifs is 3. The first kappa shape index (κ1) is 20.7. The van der Waals surface area contributed by atoms with Crippen LogP contribution in [0.25, 0.3) is 10.2 Å². The van der Waals surface area contributed by atoms with Crippen LogP contribution < -0.4 is 5.73 Å². The molecule has 1 aliphatic rings. The van der Waals surface area contributed by atoms with E-state index in [1.165, 1.54) is 35.9 Å². The lowest BCUT2D eigenvalue weighted by molar-refractivity contribution is 0.0458. The number of esters is 1. The number of nitrogens with zero attached hydrogens (tertiary/aromatic N) is 2. The van der Waals surface area contributed by atoms with Crippen molar-refractivity contribution in [1.29, 1.82) is 0 Å². The summed E-state index contributed by atoms with van der Waals surface area (Å²) in [4.78, 5) is 23.6. The van der Waals surface area contributed by atoms with Crippen LogP contribution in [0.5, 0.6) is 0 Å². The molecule has 0 amide bonds. The van der Waals surface area contributed by atoms with Gasteiger partial charge in [-0.2, -0.15) is 0 Å². The van der Waals surface area contributed by atoms with E-state index in [0.29, 0.717) is 11.6 Å². The average Bonchev–Trinajstić information content (AvgIpc) is 2.94. The fourth-order valence-corrected chi connectivity index (χ4v) is 6.11. The molecule has 3 aromatic rings. The van der Waals surface area contributed by atoms with Crippen molar-refractivity contribution in [3.8, 4) is 0 Å². The van der Waals surface area contributed by atoms with E-state index in [-0.39, 0.29) is 22.8 Å². The van der Waals surface area contributed by atoms with Crippen LogP contribution >= 0.6 is 11.3 Å². The van der Waals surface area contributed by atoms with Gasteiger partial charge in [-0.15, -0.1) is 11.3 Å². The zero-order chi connectivity index (χ0) is 21.3. The molecular formula is C21H23N3O4S2. The number of nitrogen functional groups attached to an aromatic ring is 1. The van der Waals surface area contributed by atoms with Crippen LogP contribution in [0.15, 0.2) is 29.2 Å². The number of carbonyl (C=O) groups is 1. The van der Waals surface area contributed by atoms with Gasteiger partial charge in [0.25, 0.3) is 0 Å². The van der Waals surface area contributed by atoms with Crippen molar-refractivity contribution in [1.82, 2.24) is 9.97 Å². The van der Waals surface area contributed by atoms with E-state index in [1.54, 1.807) is 23.5 Å². The number of benzene rings is 1. The highest BCUT2D eigenvalue weighted by Gasteiger charge is 2.23. The second-order valence-corrected chi connectivity index (χ2v) is 10.6. The number of rotatable bonds is 5. The number of anilines is 1. The van der Waals surface area contributed by atoms with E-state index in [0.717, 1.165) is 35.9 Å². The van der Waals surface area contributed by atoms with Gasteiger partial charge in [0.2, 0.25) is 0 Å². The maximum atomic E-state index is 12.6. The minimum absolute atomic E-state index is 0.0104. The molecule has 30 heavy (non-hydrogen) atoms. The Kier molecular flexibility index (Phi) is 5.75. The van der Waals surface area contributed by atoms with Crippen molar-refractivity contribution < 1.29 is 17.9 Å². The molecule has 2 heterocycles. The average molecular weight is 446 g/mol. The molecule has 0 radical (unpaired) electrons. The second-order valence-electron chi connectivity index (χ2n) is 7.25. The molecule has 2 aromatic heterocycles. The van der Waals surface area contributed by atoms with Crippen LogP contribution in [0.2, 0.25) is 0 Å². The molecule has 0 aliphatic heterocycles. The zero-order valence-corrected chi connectivity index (χ0v) is 18.3. The molecule has 1 aromatic carbocycles. The Morgan fingerprint density at radius 3 is 2.73 bits per heavy atom. The summed E-state index contributed by atoms with van der Waals surface area (Å²) in [6.45, 7) is 1.36. The first-order valence-electron chi connectivity index (χ1n) is 9.96. The molecular weight excluding hydrogens is 422 g/mol. The predicted octanol–water partition coefficient (Wildman–Crippen LogP) is 3.69. The normalized spacial score (nSPS) is 14.3. The number of aryl methyl sites for hydroxylation is 2. The van der Waals surface area contributed by atoms with Gasteiger partial charge in [-0.3, -0.25) is 0 Å². The molecule has 7 nitrogen and oxygen atoms in total. The van der Waals surface area contributed by atoms with Gasteiger partial charge in [0.05, 0.1) is 21.6 Å². The van der Waals surface area contributed by atoms with E-state index in [1.807, 2.05) is 0 Å². The number of carbonyl (C=O) groups excluding carboxylic acids is 1. The first-order chi connectivity index (χ1) is 14.4. The molecule has 0 saturated carbocycles.